The minimum atomic E-state index is -0.359. The maximum atomic E-state index is 13.1. The summed E-state index contributed by atoms with van der Waals surface area (Å²) in [5.41, 5.74) is 6.83. The Balaban J connectivity index is 1.97. The highest BCUT2D eigenvalue weighted by atomic mass is 79.9. The van der Waals surface area contributed by atoms with Crippen molar-refractivity contribution in [3.05, 3.63) is 41.1 Å². The second-order valence-corrected chi connectivity index (χ2v) is 4.44. The highest BCUT2D eigenvalue weighted by Gasteiger charge is 2.05. The molecule has 6 heteroatoms. The van der Waals surface area contributed by atoms with Crippen molar-refractivity contribution in [2.24, 2.45) is 0 Å². The zero-order chi connectivity index (χ0) is 12.3. The van der Waals surface area contributed by atoms with Gasteiger partial charge in [-0.15, -0.1) is 0 Å². The molecular weight excluding hydrogens is 287 g/mol. The lowest BCUT2D eigenvalue weighted by Gasteiger charge is -2.10. The van der Waals surface area contributed by atoms with E-state index >= 15 is 0 Å². The van der Waals surface area contributed by atoms with Crippen molar-refractivity contribution in [3.63, 3.8) is 0 Å². The summed E-state index contributed by atoms with van der Waals surface area (Å²) in [6.45, 7) is 1.47. The van der Waals surface area contributed by atoms with E-state index in [9.17, 15) is 4.39 Å². The van der Waals surface area contributed by atoms with Crippen molar-refractivity contribution >= 4 is 27.3 Å². The van der Waals surface area contributed by atoms with Gasteiger partial charge in [-0.1, -0.05) is 0 Å². The van der Waals surface area contributed by atoms with E-state index in [4.69, 9.17) is 5.73 Å². The number of nitrogens with one attached hydrogen (secondary N) is 1. The molecule has 1 heterocycles. The number of nitrogen functional groups attached to an aromatic ring is 1. The molecule has 0 aliphatic heterocycles. The Bertz CT molecular complexity index is 498. The molecule has 0 amide bonds. The fourth-order valence-electron chi connectivity index (χ4n) is 1.45. The van der Waals surface area contributed by atoms with Gasteiger partial charge in [-0.05, 0) is 22.0 Å². The Labute approximate surface area is 107 Å². The van der Waals surface area contributed by atoms with Crippen LogP contribution >= 0.6 is 15.9 Å². The second-order valence-electron chi connectivity index (χ2n) is 3.58. The van der Waals surface area contributed by atoms with Crippen molar-refractivity contribution in [1.82, 2.24) is 9.55 Å². The van der Waals surface area contributed by atoms with Crippen LogP contribution in [0, 0.1) is 5.82 Å². The van der Waals surface area contributed by atoms with Gasteiger partial charge in [-0.2, -0.15) is 0 Å². The molecule has 90 valence electrons. The van der Waals surface area contributed by atoms with Gasteiger partial charge in [-0.25, -0.2) is 9.37 Å². The Morgan fingerprint density at radius 3 is 3.00 bits per heavy atom. The minimum Gasteiger partial charge on any atom is -0.397 e. The fourth-order valence-corrected chi connectivity index (χ4v) is 1.80. The largest absolute Gasteiger partial charge is 0.397 e. The number of nitrogens with zero attached hydrogens (tertiary/aromatic N) is 2. The van der Waals surface area contributed by atoms with Crippen molar-refractivity contribution in [2.75, 3.05) is 17.6 Å². The van der Waals surface area contributed by atoms with E-state index < -0.39 is 0 Å². The Kier molecular flexibility index (Phi) is 3.63. The standard InChI is InChI=1S/C11H12BrFN4/c12-8-5-11(10(14)6-9(8)13)16-2-4-17-3-1-15-7-17/h1,3,5-7,16H,2,4,14H2. The Hall–Kier alpha value is -1.56. The monoisotopic (exact) mass is 298 g/mol. The minimum absolute atomic E-state index is 0.359. The maximum Gasteiger partial charge on any atom is 0.139 e. The van der Waals surface area contributed by atoms with Crippen LogP contribution in [0.15, 0.2) is 35.3 Å². The summed E-state index contributed by atoms with van der Waals surface area (Å²) in [4.78, 5) is 3.94. The van der Waals surface area contributed by atoms with E-state index in [2.05, 4.69) is 26.2 Å². The number of halogens is 2. The van der Waals surface area contributed by atoms with Gasteiger partial charge in [0, 0.05) is 31.5 Å². The molecule has 4 nitrogen and oxygen atoms in total. The molecule has 0 fully saturated rings. The molecule has 0 bridgehead atoms. The Morgan fingerprint density at radius 2 is 2.29 bits per heavy atom. The van der Waals surface area contributed by atoms with E-state index in [1.54, 1.807) is 18.6 Å². The average molecular weight is 299 g/mol. The van der Waals surface area contributed by atoms with Gasteiger partial charge in [0.2, 0.25) is 0 Å². The number of hydrogen-bond donors (Lipinski definition) is 2. The number of aromatic nitrogens is 2. The summed E-state index contributed by atoms with van der Waals surface area (Å²) in [6.07, 6.45) is 5.35. The highest BCUT2D eigenvalue weighted by molar-refractivity contribution is 9.10. The van der Waals surface area contributed by atoms with Crippen LogP contribution in [0.5, 0.6) is 0 Å². The molecule has 0 saturated carbocycles. The number of rotatable bonds is 4. The summed E-state index contributed by atoms with van der Waals surface area (Å²) < 4.78 is 15.5. The van der Waals surface area contributed by atoms with Crippen molar-refractivity contribution < 1.29 is 4.39 Å². The van der Waals surface area contributed by atoms with Crippen molar-refractivity contribution in [3.8, 4) is 0 Å². The van der Waals surface area contributed by atoms with Crippen LogP contribution in [0.2, 0.25) is 0 Å². The molecule has 0 radical (unpaired) electrons. The van der Waals surface area contributed by atoms with Crippen LogP contribution in [-0.2, 0) is 6.54 Å². The van der Waals surface area contributed by atoms with Gasteiger partial charge in [0.1, 0.15) is 5.82 Å². The molecular formula is C11H12BrFN4. The van der Waals surface area contributed by atoms with E-state index in [1.165, 1.54) is 6.07 Å². The lowest BCUT2D eigenvalue weighted by Crippen LogP contribution is -2.10. The van der Waals surface area contributed by atoms with Crippen LogP contribution in [0.3, 0.4) is 0 Å². The number of hydrogen-bond acceptors (Lipinski definition) is 3. The summed E-state index contributed by atoms with van der Waals surface area (Å²) >= 11 is 3.13. The molecule has 0 unspecified atom stereocenters. The molecule has 0 spiro atoms. The van der Waals surface area contributed by atoms with Gasteiger partial charge in [0.05, 0.1) is 22.2 Å². The van der Waals surface area contributed by atoms with Gasteiger partial charge in [-0.3, -0.25) is 0 Å². The first-order valence-corrected chi connectivity index (χ1v) is 5.90. The number of nitrogens with two attached hydrogens (primary N) is 1. The molecule has 0 atom stereocenters. The van der Waals surface area contributed by atoms with E-state index in [-0.39, 0.29) is 5.82 Å². The first kappa shape index (κ1) is 11.9. The predicted molar refractivity (Wildman–Crippen MR) is 69.2 cm³/mol. The first-order chi connectivity index (χ1) is 8.16. The molecule has 1 aromatic carbocycles. The summed E-state index contributed by atoms with van der Waals surface area (Å²) in [5.74, 6) is -0.359. The third-order valence-electron chi connectivity index (χ3n) is 2.34. The first-order valence-electron chi connectivity index (χ1n) is 5.11. The highest BCUT2D eigenvalue weighted by Crippen LogP contribution is 2.26. The molecule has 3 N–H and O–H groups in total. The van der Waals surface area contributed by atoms with Crippen LogP contribution < -0.4 is 11.1 Å². The van der Waals surface area contributed by atoms with Gasteiger partial charge < -0.3 is 15.6 Å². The molecule has 0 aliphatic carbocycles. The third kappa shape index (κ3) is 2.97. The number of anilines is 2. The topological polar surface area (TPSA) is 55.9 Å². The van der Waals surface area contributed by atoms with Gasteiger partial charge in [0.15, 0.2) is 0 Å². The molecule has 2 aromatic rings. The Morgan fingerprint density at radius 1 is 1.47 bits per heavy atom. The zero-order valence-corrected chi connectivity index (χ0v) is 10.6. The van der Waals surface area contributed by atoms with E-state index in [0.29, 0.717) is 16.7 Å². The lowest BCUT2D eigenvalue weighted by molar-refractivity contribution is 0.622. The third-order valence-corrected chi connectivity index (χ3v) is 2.94. The predicted octanol–water partition coefficient (Wildman–Crippen LogP) is 2.48. The number of benzene rings is 1. The fraction of sp³-hybridized carbons (Fsp3) is 0.182. The van der Waals surface area contributed by atoms with Crippen LogP contribution in [0.4, 0.5) is 15.8 Å². The molecule has 2 rings (SSSR count). The average Bonchev–Trinajstić information content (AvgIpc) is 2.78. The van der Waals surface area contributed by atoms with Crippen LogP contribution in [0.25, 0.3) is 0 Å². The molecule has 0 saturated heterocycles. The van der Waals surface area contributed by atoms with Crippen molar-refractivity contribution in [2.45, 2.75) is 6.54 Å². The SMILES string of the molecule is Nc1cc(F)c(Br)cc1NCCn1ccnc1. The zero-order valence-electron chi connectivity index (χ0n) is 9.03. The van der Waals surface area contributed by atoms with Crippen LogP contribution in [0.1, 0.15) is 0 Å². The summed E-state index contributed by atoms with van der Waals surface area (Å²) in [7, 11) is 0. The van der Waals surface area contributed by atoms with E-state index in [0.717, 1.165) is 12.2 Å². The maximum absolute atomic E-state index is 13.1. The normalized spacial score (nSPS) is 10.5. The van der Waals surface area contributed by atoms with E-state index in [1.807, 2.05) is 10.8 Å². The molecule has 17 heavy (non-hydrogen) atoms. The smallest absolute Gasteiger partial charge is 0.139 e. The summed E-state index contributed by atoms with van der Waals surface area (Å²) in [6, 6.07) is 2.93. The second kappa shape index (κ2) is 5.18. The molecule has 0 aliphatic rings. The summed E-state index contributed by atoms with van der Waals surface area (Å²) in [5, 5.41) is 3.15. The van der Waals surface area contributed by atoms with Crippen molar-refractivity contribution in [1.29, 1.82) is 0 Å². The molecule has 1 aromatic heterocycles. The number of imidazole rings is 1. The lowest BCUT2D eigenvalue weighted by atomic mass is 10.2. The van der Waals surface area contributed by atoms with Gasteiger partial charge >= 0.3 is 0 Å². The van der Waals surface area contributed by atoms with Crippen LogP contribution in [-0.4, -0.2) is 16.1 Å². The quantitative estimate of drug-likeness (QED) is 0.853. The van der Waals surface area contributed by atoms with Gasteiger partial charge in [0.25, 0.3) is 0 Å².